The lowest BCUT2D eigenvalue weighted by atomic mass is 10.1. The molecular weight excluding hydrogens is 142 g/mol. The van der Waals surface area contributed by atoms with Gasteiger partial charge < -0.3 is 9.84 Å². The predicted molar refractivity (Wildman–Crippen MR) is 43.6 cm³/mol. The number of rotatable bonds is 3. The van der Waals surface area contributed by atoms with Crippen molar-refractivity contribution in [2.24, 2.45) is 0 Å². The molecule has 11 heavy (non-hydrogen) atoms. The fourth-order valence-electron chi connectivity index (χ4n) is 1.45. The monoisotopic (exact) mass is 159 g/mol. The van der Waals surface area contributed by atoms with Crippen molar-refractivity contribution in [1.29, 1.82) is 0 Å². The van der Waals surface area contributed by atoms with Gasteiger partial charge in [0.15, 0.2) is 0 Å². The second kappa shape index (κ2) is 3.52. The minimum Gasteiger partial charge on any atom is -0.389 e. The van der Waals surface area contributed by atoms with Crippen molar-refractivity contribution in [2.75, 3.05) is 33.4 Å². The molecule has 1 rings (SSSR count). The van der Waals surface area contributed by atoms with Crippen LogP contribution in [0.2, 0.25) is 0 Å². The number of ether oxygens (including phenoxy) is 1. The average molecular weight is 159 g/mol. The van der Waals surface area contributed by atoms with E-state index in [1.54, 1.807) is 7.11 Å². The molecule has 0 saturated carbocycles. The quantitative estimate of drug-likeness (QED) is 0.633. The maximum atomic E-state index is 9.58. The Morgan fingerprint density at radius 2 is 2.36 bits per heavy atom. The van der Waals surface area contributed by atoms with Crippen LogP contribution in [-0.2, 0) is 4.74 Å². The Labute approximate surface area is 68.0 Å². The minimum absolute atomic E-state index is 0.465. The molecule has 0 aromatic rings. The highest BCUT2D eigenvalue weighted by Gasteiger charge is 2.30. The van der Waals surface area contributed by atoms with E-state index in [-0.39, 0.29) is 0 Å². The van der Waals surface area contributed by atoms with Crippen LogP contribution in [0.5, 0.6) is 0 Å². The van der Waals surface area contributed by atoms with Gasteiger partial charge in [-0.25, -0.2) is 0 Å². The first-order valence-corrected chi connectivity index (χ1v) is 4.08. The lowest BCUT2D eigenvalue weighted by Gasteiger charge is -2.17. The van der Waals surface area contributed by atoms with E-state index in [1.165, 1.54) is 0 Å². The van der Waals surface area contributed by atoms with E-state index in [0.717, 1.165) is 32.7 Å². The van der Waals surface area contributed by atoms with Crippen LogP contribution in [0.3, 0.4) is 0 Å². The summed E-state index contributed by atoms with van der Waals surface area (Å²) in [5.41, 5.74) is -0.465. The van der Waals surface area contributed by atoms with Gasteiger partial charge in [-0.2, -0.15) is 0 Å². The van der Waals surface area contributed by atoms with Gasteiger partial charge in [-0.3, -0.25) is 4.90 Å². The van der Waals surface area contributed by atoms with Crippen LogP contribution in [-0.4, -0.2) is 49.0 Å². The Kier molecular flexibility index (Phi) is 2.87. The molecule has 0 bridgehead atoms. The topological polar surface area (TPSA) is 32.7 Å². The van der Waals surface area contributed by atoms with Crippen LogP contribution in [0, 0.1) is 0 Å². The Hall–Kier alpha value is -0.120. The van der Waals surface area contributed by atoms with Gasteiger partial charge in [0.1, 0.15) is 0 Å². The van der Waals surface area contributed by atoms with Crippen LogP contribution >= 0.6 is 0 Å². The zero-order chi connectivity index (χ0) is 8.32. The van der Waals surface area contributed by atoms with Crippen molar-refractivity contribution < 1.29 is 9.84 Å². The van der Waals surface area contributed by atoms with Crippen molar-refractivity contribution in [2.45, 2.75) is 18.9 Å². The molecule has 1 aliphatic rings. The SMILES string of the molecule is COCCN1CCC(C)(O)C1. The lowest BCUT2D eigenvalue weighted by Crippen LogP contribution is -2.31. The number of methoxy groups -OCH3 is 1. The molecule has 3 heteroatoms. The zero-order valence-corrected chi connectivity index (χ0v) is 7.34. The largest absolute Gasteiger partial charge is 0.389 e. The Bertz CT molecular complexity index is 125. The highest BCUT2D eigenvalue weighted by atomic mass is 16.5. The molecule has 0 aromatic heterocycles. The van der Waals surface area contributed by atoms with E-state index in [9.17, 15) is 5.11 Å². The van der Waals surface area contributed by atoms with E-state index in [2.05, 4.69) is 4.90 Å². The maximum absolute atomic E-state index is 9.58. The molecule has 0 aliphatic carbocycles. The predicted octanol–water partition coefficient (Wildman–Crippen LogP) is 0.0895. The number of likely N-dealkylation sites (tertiary alicyclic amines) is 1. The lowest BCUT2D eigenvalue weighted by molar-refractivity contribution is 0.0643. The molecule has 1 unspecified atom stereocenters. The normalized spacial score (nSPS) is 33.0. The van der Waals surface area contributed by atoms with Gasteiger partial charge >= 0.3 is 0 Å². The Morgan fingerprint density at radius 1 is 1.64 bits per heavy atom. The first-order valence-electron chi connectivity index (χ1n) is 4.08. The van der Waals surface area contributed by atoms with E-state index < -0.39 is 5.60 Å². The van der Waals surface area contributed by atoms with Gasteiger partial charge in [0.25, 0.3) is 0 Å². The molecule has 0 amide bonds. The molecule has 66 valence electrons. The summed E-state index contributed by atoms with van der Waals surface area (Å²) in [4.78, 5) is 2.23. The van der Waals surface area contributed by atoms with Crippen molar-refractivity contribution in [3.8, 4) is 0 Å². The summed E-state index contributed by atoms with van der Waals surface area (Å²) in [7, 11) is 1.70. The molecule has 3 nitrogen and oxygen atoms in total. The van der Waals surface area contributed by atoms with E-state index in [0.29, 0.717) is 0 Å². The van der Waals surface area contributed by atoms with E-state index in [4.69, 9.17) is 4.74 Å². The first-order chi connectivity index (χ1) is 5.14. The summed E-state index contributed by atoms with van der Waals surface area (Å²) in [6.45, 7) is 5.37. The summed E-state index contributed by atoms with van der Waals surface area (Å²) >= 11 is 0. The van der Waals surface area contributed by atoms with Crippen molar-refractivity contribution in [1.82, 2.24) is 4.90 Å². The number of hydrogen-bond donors (Lipinski definition) is 1. The molecule has 1 fully saturated rings. The van der Waals surface area contributed by atoms with E-state index in [1.807, 2.05) is 6.92 Å². The minimum atomic E-state index is -0.465. The van der Waals surface area contributed by atoms with Crippen LogP contribution in [0.25, 0.3) is 0 Å². The van der Waals surface area contributed by atoms with Crippen molar-refractivity contribution >= 4 is 0 Å². The molecule has 1 atom stereocenters. The molecular formula is C8H17NO2. The smallest absolute Gasteiger partial charge is 0.0758 e. The molecule has 1 N–H and O–H groups in total. The molecule has 0 radical (unpaired) electrons. The van der Waals surface area contributed by atoms with Crippen molar-refractivity contribution in [3.63, 3.8) is 0 Å². The van der Waals surface area contributed by atoms with Gasteiger partial charge in [0.2, 0.25) is 0 Å². The van der Waals surface area contributed by atoms with Gasteiger partial charge in [0.05, 0.1) is 12.2 Å². The molecule has 0 aromatic carbocycles. The standard InChI is InChI=1S/C8H17NO2/c1-8(10)3-4-9(7-8)5-6-11-2/h10H,3-7H2,1-2H3. The van der Waals surface area contributed by atoms with Crippen LogP contribution in [0.4, 0.5) is 0 Å². The highest BCUT2D eigenvalue weighted by Crippen LogP contribution is 2.19. The fourth-order valence-corrected chi connectivity index (χ4v) is 1.45. The summed E-state index contributed by atoms with van der Waals surface area (Å²) in [5, 5.41) is 9.58. The molecule has 1 aliphatic heterocycles. The van der Waals surface area contributed by atoms with Crippen LogP contribution in [0.15, 0.2) is 0 Å². The summed E-state index contributed by atoms with van der Waals surface area (Å²) in [5.74, 6) is 0. The molecule has 1 saturated heterocycles. The summed E-state index contributed by atoms with van der Waals surface area (Å²) in [6.07, 6.45) is 0.886. The van der Waals surface area contributed by atoms with E-state index >= 15 is 0 Å². The third kappa shape index (κ3) is 2.77. The average Bonchev–Trinajstić information content (AvgIpc) is 2.26. The summed E-state index contributed by atoms with van der Waals surface area (Å²) < 4.78 is 4.95. The van der Waals surface area contributed by atoms with Crippen molar-refractivity contribution in [3.05, 3.63) is 0 Å². The highest BCUT2D eigenvalue weighted by molar-refractivity contribution is 4.85. The number of nitrogens with zero attached hydrogens (tertiary/aromatic N) is 1. The van der Waals surface area contributed by atoms with Crippen LogP contribution in [0.1, 0.15) is 13.3 Å². The number of β-amino-alcohol motifs (C(OH)–C–C–N with tert-alkyl or cyclic N) is 1. The van der Waals surface area contributed by atoms with Gasteiger partial charge in [-0.1, -0.05) is 0 Å². The Morgan fingerprint density at radius 3 is 2.82 bits per heavy atom. The van der Waals surface area contributed by atoms with Crippen LogP contribution < -0.4 is 0 Å². The molecule has 0 spiro atoms. The molecule has 1 heterocycles. The van der Waals surface area contributed by atoms with Gasteiger partial charge in [-0.05, 0) is 13.3 Å². The van der Waals surface area contributed by atoms with Gasteiger partial charge in [0, 0.05) is 26.7 Å². The third-order valence-corrected chi connectivity index (χ3v) is 2.14. The zero-order valence-electron chi connectivity index (χ0n) is 7.34. The number of hydrogen-bond acceptors (Lipinski definition) is 3. The third-order valence-electron chi connectivity index (χ3n) is 2.14. The second-order valence-corrected chi connectivity index (χ2v) is 3.52. The first kappa shape index (κ1) is 8.97. The maximum Gasteiger partial charge on any atom is 0.0758 e. The Balaban J connectivity index is 2.20. The van der Waals surface area contributed by atoms with Gasteiger partial charge in [-0.15, -0.1) is 0 Å². The fraction of sp³-hybridized carbons (Fsp3) is 1.00. The second-order valence-electron chi connectivity index (χ2n) is 3.52. The number of aliphatic hydroxyl groups is 1. The summed E-state index contributed by atoms with van der Waals surface area (Å²) in [6, 6.07) is 0.